The smallest absolute Gasteiger partial charge is 0.197 e. The van der Waals surface area contributed by atoms with Crippen LogP contribution in [0.25, 0.3) is 23.1 Å². The molecule has 0 atom stereocenters. The highest BCUT2D eigenvalue weighted by atomic mass is 16.4. The Labute approximate surface area is 160 Å². The van der Waals surface area contributed by atoms with Crippen molar-refractivity contribution in [3.05, 3.63) is 62.9 Å². The Morgan fingerprint density at radius 3 is 2.31 bits per heavy atom. The average Bonchev–Trinajstić information content (AvgIpc) is 3.16. The van der Waals surface area contributed by atoms with Gasteiger partial charge in [0.05, 0.1) is 5.22 Å². The first-order valence-electron chi connectivity index (χ1n) is 8.44. The molecule has 0 radical (unpaired) electrons. The monoisotopic (exact) mass is 392 g/mol. The Morgan fingerprint density at radius 1 is 0.828 bits per heavy atom. The standard InChI is InChI=1S/C21H12O8/c22-10-2-1-8(3-11(10)23)4-17-20(27)19-14(26)7-16-18(21(19)29-17)9-5-12(24)13(25)6-15(9)28-16/h1-7,22-25,27H/b17-4-. The van der Waals surface area contributed by atoms with Gasteiger partial charge in [0.1, 0.15) is 16.6 Å². The number of benzene rings is 2. The maximum Gasteiger partial charge on any atom is 0.197 e. The van der Waals surface area contributed by atoms with Crippen molar-refractivity contribution in [1.82, 2.24) is 0 Å². The van der Waals surface area contributed by atoms with Crippen LogP contribution >= 0.6 is 0 Å². The molecule has 4 aromatic rings. The van der Waals surface area contributed by atoms with Gasteiger partial charge in [-0.05, 0) is 29.8 Å². The maximum atomic E-state index is 12.5. The van der Waals surface area contributed by atoms with E-state index < -0.39 is 11.5 Å². The van der Waals surface area contributed by atoms with Crippen LogP contribution in [-0.2, 0) is 0 Å². The molecule has 0 bridgehead atoms. The van der Waals surface area contributed by atoms with Gasteiger partial charge in [0.15, 0.2) is 45.4 Å². The number of hydrogen-bond acceptors (Lipinski definition) is 8. The molecule has 0 saturated carbocycles. The van der Waals surface area contributed by atoms with Crippen molar-refractivity contribution in [1.29, 1.82) is 0 Å². The summed E-state index contributed by atoms with van der Waals surface area (Å²) in [6, 6.07) is 6.53. The van der Waals surface area contributed by atoms with Gasteiger partial charge in [-0.3, -0.25) is 4.79 Å². The second-order valence-electron chi connectivity index (χ2n) is 6.60. The Balaban J connectivity index is 1.92. The Hall–Kier alpha value is -4.33. The summed E-state index contributed by atoms with van der Waals surface area (Å²) in [4.78, 5) is 12.5. The Morgan fingerprint density at radius 2 is 1.55 bits per heavy atom. The molecule has 29 heavy (non-hydrogen) atoms. The van der Waals surface area contributed by atoms with Crippen LogP contribution in [0.15, 0.2) is 39.2 Å². The van der Waals surface area contributed by atoms with Crippen LogP contribution in [0.1, 0.15) is 15.9 Å². The van der Waals surface area contributed by atoms with E-state index >= 15 is 0 Å². The van der Waals surface area contributed by atoms with Crippen molar-refractivity contribution in [2.75, 3.05) is 0 Å². The molecule has 0 spiro atoms. The molecular weight excluding hydrogens is 380 g/mol. The van der Waals surface area contributed by atoms with Crippen LogP contribution in [0.2, 0.25) is 0 Å². The first-order valence-corrected chi connectivity index (χ1v) is 8.44. The van der Waals surface area contributed by atoms with Crippen LogP contribution in [0.4, 0.5) is 0 Å². The van der Waals surface area contributed by atoms with E-state index in [1.54, 1.807) is 0 Å². The first kappa shape index (κ1) is 16.8. The van der Waals surface area contributed by atoms with Crippen LogP contribution in [0.5, 0.6) is 28.7 Å². The number of furan rings is 2. The second-order valence-corrected chi connectivity index (χ2v) is 6.60. The molecule has 5 rings (SSSR count). The minimum absolute atomic E-state index is 0.0351. The molecule has 5 N–H and O–H groups in total. The van der Waals surface area contributed by atoms with Crippen molar-refractivity contribution >= 4 is 28.9 Å². The van der Waals surface area contributed by atoms with Gasteiger partial charge in [0.25, 0.3) is 0 Å². The van der Waals surface area contributed by atoms with Gasteiger partial charge < -0.3 is 34.4 Å². The molecule has 2 aromatic carbocycles. The number of aromatic hydroxyl groups is 5. The van der Waals surface area contributed by atoms with Gasteiger partial charge in [0.2, 0.25) is 0 Å². The van der Waals surface area contributed by atoms with Gasteiger partial charge in [-0.25, -0.2) is 0 Å². The van der Waals surface area contributed by atoms with Gasteiger partial charge in [-0.1, -0.05) is 6.07 Å². The molecule has 1 aliphatic rings. The van der Waals surface area contributed by atoms with Crippen molar-refractivity contribution in [3.8, 4) is 28.7 Å². The van der Waals surface area contributed by atoms with Crippen molar-refractivity contribution in [2.45, 2.75) is 0 Å². The Bertz CT molecular complexity index is 1570. The molecule has 1 aliphatic carbocycles. The third-order valence-electron chi connectivity index (χ3n) is 4.75. The average molecular weight is 392 g/mol. The molecule has 0 aliphatic heterocycles. The van der Waals surface area contributed by atoms with Crippen molar-refractivity contribution in [3.63, 3.8) is 0 Å². The molecule has 0 fully saturated rings. The predicted molar refractivity (Wildman–Crippen MR) is 99.0 cm³/mol. The zero-order chi connectivity index (χ0) is 20.4. The van der Waals surface area contributed by atoms with Crippen LogP contribution in [0.3, 0.4) is 0 Å². The minimum atomic E-state index is -0.533. The summed E-state index contributed by atoms with van der Waals surface area (Å²) < 4.78 is 11.3. The number of ketones is 1. The van der Waals surface area contributed by atoms with E-state index in [4.69, 9.17) is 8.83 Å². The van der Waals surface area contributed by atoms with E-state index in [0.717, 1.165) is 0 Å². The highest BCUT2D eigenvalue weighted by Gasteiger charge is 2.24. The molecular formula is C21H12O8. The highest BCUT2D eigenvalue weighted by Crippen LogP contribution is 2.32. The molecule has 2 aromatic heterocycles. The largest absolute Gasteiger partial charge is 0.504 e. The number of hydrogen-bond donors (Lipinski definition) is 5. The second kappa shape index (κ2) is 5.59. The third kappa shape index (κ3) is 2.36. The van der Waals surface area contributed by atoms with Crippen molar-refractivity contribution < 1.29 is 39.2 Å². The van der Waals surface area contributed by atoms with Crippen LogP contribution < -0.4 is 10.8 Å². The van der Waals surface area contributed by atoms with E-state index in [1.807, 2.05) is 0 Å². The summed E-state index contributed by atoms with van der Waals surface area (Å²) >= 11 is 0. The van der Waals surface area contributed by atoms with Crippen LogP contribution in [0, 0.1) is 10.6 Å². The van der Waals surface area contributed by atoms with Gasteiger partial charge in [0, 0.05) is 17.5 Å². The lowest BCUT2D eigenvalue weighted by Crippen LogP contribution is -2.10. The number of rotatable bonds is 1. The van der Waals surface area contributed by atoms with E-state index in [9.17, 15) is 30.3 Å². The SMILES string of the molecule is O=C1C=c2oc3cc(O)c(O)cc3c2=c2o/c(=C\c3ccc(O)c(O)c3)c(O)c21. The molecule has 144 valence electrons. The van der Waals surface area contributed by atoms with Gasteiger partial charge in [-0.15, -0.1) is 0 Å². The number of Topliss-reactive ketones (excluding diaryl/α,β-unsaturated/α-hetero) is 1. The minimum Gasteiger partial charge on any atom is -0.504 e. The maximum absolute atomic E-state index is 12.5. The molecule has 2 heterocycles. The zero-order valence-electron chi connectivity index (χ0n) is 14.5. The summed E-state index contributed by atoms with van der Waals surface area (Å²) in [6.45, 7) is 0. The first-order chi connectivity index (χ1) is 13.8. The normalized spacial score (nSPS) is 13.4. The fourth-order valence-electron chi connectivity index (χ4n) is 3.39. The number of fused-ring (bicyclic) bond motifs is 4. The summed E-state index contributed by atoms with van der Waals surface area (Å²) in [5, 5.41) is 49.9. The van der Waals surface area contributed by atoms with E-state index in [1.165, 1.54) is 42.5 Å². The van der Waals surface area contributed by atoms with E-state index in [0.29, 0.717) is 16.2 Å². The summed E-state index contributed by atoms with van der Waals surface area (Å²) in [6.07, 6.45) is 2.59. The van der Waals surface area contributed by atoms with Crippen LogP contribution in [-0.4, -0.2) is 31.3 Å². The number of carbonyl (C=O) groups excluding carboxylic acids is 1. The Kier molecular flexibility index (Phi) is 3.24. The fourth-order valence-corrected chi connectivity index (χ4v) is 3.39. The molecule has 0 unspecified atom stereocenters. The predicted octanol–water partition coefficient (Wildman–Crippen LogP) is 1.65. The van der Waals surface area contributed by atoms with E-state index in [2.05, 4.69) is 0 Å². The van der Waals surface area contributed by atoms with Crippen molar-refractivity contribution in [2.24, 2.45) is 0 Å². The molecule has 0 amide bonds. The number of phenolic OH excluding ortho intramolecular Hbond substituents is 4. The third-order valence-corrected chi connectivity index (χ3v) is 4.75. The topological polar surface area (TPSA) is 144 Å². The zero-order valence-corrected chi connectivity index (χ0v) is 14.5. The van der Waals surface area contributed by atoms with E-state index in [-0.39, 0.29) is 50.4 Å². The quantitative estimate of drug-likeness (QED) is 0.308. The number of carbonyl (C=O) groups is 1. The molecule has 8 nitrogen and oxygen atoms in total. The molecule has 8 heteroatoms. The lowest BCUT2D eigenvalue weighted by atomic mass is 10.1. The van der Waals surface area contributed by atoms with Gasteiger partial charge >= 0.3 is 0 Å². The lowest BCUT2D eigenvalue weighted by molar-refractivity contribution is 0.105. The molecule has 0 saturated heterocycles. The fraction of sp³-hybridized carbons (Fsp3) is 0. The highest BCUT2D eigenvalue weighted by molar-refractivity contribution is 6.19. The summed E-state index contributed by atoms with van der Waals surface area (Å²) in [5.74, 6) is -2.32. The number of phenols is 4. The van der Waals surface area contributed by atoms with Gasteiger partial charge in [-0.2, -0.15) is 0 Å². The summed E-state index contributed by atoms with van der Waals surface area (Å²) in [5.41, 5.74) is 0.771. The summed E-state index contributed by atoms with van der Waals surface area (Å²) in [7, 11) is 0. The lowest BCUT2D eigenvalue weighted by Gasteiger charge is -1.97.